The molecule has 1 heterocycles. The van der Waals surface area contributed by atoms with Gasteiger partial charge in [0.25, 0.3) is 11.6 Å². The first kappa shape index (κ1) is 17.9. The molecule has 134 valence electrons. The molecule has 26 heavy (non-hydrogen) atoms. The number of hydrogen-bond donors (Lipinski definition) is 2. The zero-order valence-corrected chi connectivity index (χ0v) is 14.5. The maximum atomic E-state index is 12.3. The van der Waals surface area contributed by atoms with Gasteiger partial charge in [0.05, 0.1) is 22.1 Å². The summed E-state index contributed by atoms with van der Waals surface area (Å²) in [4.78, 5) is 22.4. The van der Waals surface area contributed by atoms with Crippen LogP contribution in [0.4, 0.5) is 5.69 Å². The Morgan fingerprint density at radius 2 is 2.04 bits per heavy atom. The summed E-state index contributed by atoms with van der Waals surface area (Å²) in [5.41, 5.74) is -0.937. The molecule has 0 aliphatic rings. The molecule has 2 aromatic carbocycles. The standard InChI is InChI=1S/C18H15ClN2O5/c1-18(23,16-8-11-4-2-3-5-15(11)26-16)10-20-17(22)13-7-6-12(21(24)25)9-14(13)19/h2-9,23H,10H2,1H3,(H,20,22). The van der Waals surface area contributed by atoms with Crippen molar-refractivity contribution in [2.75, 3.05) is 6.54 Å². The lowest BCUT2D eigenvalue weighted by Gasteiger charge is -2.21. The van der Waals surface area contributed by atoms with Crippen molar-refractivity contribution in [1.29, 1.82) is 0 Å². The van der Waals surface area contributed by atoms with Crippen LogP contribution in [-0.2, 0) is 5.60 Å². The van der Waals surface area contributed by atoms with Crippen molar-refractivity contribution in [3.63, 3.8) is 0 Å². The molecule has 0 aliphatic heterocycles. The second-order valence-corrected chi connectivity index (χ2v) is 6.43. The van der Waals surface area contributed by atoms with E-state index in [1.165, 1.54) is 19.1 Å². The number of nitrogens with zero attached hydrogens (tertiary/aromatic N) is 1. The molecule has 0 fully saturated rings. The number of halogens is 1. The average molecular weight is 375 g/mol. The third-order valence-corrected chi connectivity index (χ3v) is 4.27. The second kappa shape index (κ2) is 6.78. The van der Waals surface area contributed by atoms with Gasteiger partial charge in [0.1, 0.15) is 16.9 Å². The average Bonchev–Trinajstić information content (AvgIpc) is 3.04. The van der Waals surface area contributed by atoms with Gasteiger partial charge in [-0.05, 0) is 25.1 Å². The van der Waals surface area contributed by atoms with Crippen LogP contribution in [0, 0.1) is 10.1 Å². The summed E-state index contributed by atoms with van der Waals surface area (Å²) in [7, 11) is 0. The van der Waals surface area contributed by atoms with Gasteiger partial charge in [0.2, 0.25) is 0 Å². The van der Waals surface area contributed by atoms with Crippen molar-refractivity contribution in [3.05, 3.63) is 75.0 Å². The van der Waals surface area contributed by atoms with Gasteiger partial charge in [0.15, 0.2) is 0 Å². The zero-order valence-electron chi connectivity index (χ0n) is 13.7. The van der Waals surface area contributed by atoms with E-state index in [0.717, 1.165) is 11.5 Å². The predicted molar refractivity (Wildman–Crippen MR) is 96.2 cm³/mol. The highest BCUT2D eigenvalue weighted by Crippen LogP contribution is 2.28. The molecule has 3 aromatic rings. The molecule has 7 nitrogen and oxygen atoms in total. The number of non-ortho nitro benzene ring substituents is 1. The van der Waals surface area contributed by atoms with Crippen molar-refractivity contribution < 1.29 is 19.2 Å². The number of benzene rings is 2. The van der Waals surface area contributed by atoms with Crippen LogP contribution in [0.5, 0.6) is 0 Å². The highest BCUT2D eigenvalue weighted by molar-refractivity contribution is 6.34. The number of furan rings is 1. The zero-order chi connectivity index (χ0) is 18.9. The smallest absolute Gasteiger partial charge is 0.270 e. The third-order valence-electron chi connectivity index (χ3n) is 3.96. The number of fused-ring (bicyclic) bond motifs is 1. The van der Waals surface area contributed by atoms with Crippen molar-refractivity contribution in [2.24, 2.45) is 0 Å². The summed E-state index contributed by atoms with van der Waals surface area (Å²) in [5.74, 6) is -0.241. The van der Waals surface area contributed by atoms with Gasteiger partial charge in [-0.2, -0.15) is 0 Å². The fraction of sp³-hybridized carbons (Fsp3) is 0.167. The molecular formula is C18H15ClN2O5. The Morgan fingerprint density at radius 1 is 1.31 bits per heavy atom. The fourth-order valence-corrected chi connectivity index (χ4v) is 2.74. The minimum atomic E-state index is -1.44. The van der Waals surface area contributed by atoms with Gasteiger partial charge in [0, 0.05) is 17.5 Å². The minimum absolute atomic E-state index is 0.0416. The lowest BCUT2D eigenvalue weighted by Crippen LogP contribution is -2.38. The van der Waals surface area contributed by atoms with Gasteiger partial charge >= 0.3 is 0 Å². The number of nitro benzene ring substituents is 1. The Morgan fingerprint density at radius 3 is 2.69 bits per heavy atom. The molecule has 0 spiro atoms. The Balaban J connectivity index is 1.74. The first-order valence-electron chi connectivity index (χ1n) is 7.71. The number of carbonyl (C=O) groups is 1. The summed E-state index contributed by atoms with van der Waals surface area (Å²) in [5, 5.41) is 24.7. The lowest BCUT2D eigenvalue weighted by molar-refractivity contribution is -0.384. The number of amides is 1. The van der Waals surface area contributed by atoms with Crippen LogP contribution < -0.4 is 5.32 Å². The van der Waals surface area contributed by atoms with E-state index in [9.17, 15) is 20.0 Å². The summed E-state index contributed by atoms with van der Waals surface area (Å²) in [6.07, 6.45) is 0. The molecule has 0 radical (unpaired) electrons. The van der Waals surface area contributed by atoms with Crippen LogP contribution in [0.25, 0.3) is 11.0 Å². The largest absolute Gasteiger partial charge is 0.458 e. The lowest BCUT2D eigenvalue weighted by atomic mass is 10.0. The molecule has 8 heteroatoms. The third kappa shape index (κ3) is 3.54. The van der Waals surface area contributed by atoms with Crippen LogP contribution in [0.3, 0.4) is 0 Å². The highest BCUT2D eigenvalue weighted by atomic mass is 35.5. The van der Waals surface area contributed by atoms with E-state index in [0.29, 0.717) is 11.3 Å². The molecule has 1 aromatic heterocycles. The van der Waals surface area contributed by atoms with E-state index in [2.05, 4.69) is 5.32 Å². The molecule has 0 saturated carbocycles. The van der Waals surface area contributed by atoms with Crippen LogP contribution in [0.15, 0.2) is 52.9 Å². The van der Waals surface area contributed by atoms with E-state index in [1.807, 2.05) is 18.2 Å². The SMILES string of the molecule is CC(O)(CNC(=O)c1ccc([N+](=O)[O-])cc1Cl)c1cc2ccccc2o1. The first-order chi connectivity index (χ1) is 12.3. The van der Waals surface area contributed by atoms with Crippen molar-refractivity contribution >= 4 is 34.2 Å². The van der Waals surface area contributed by atoms with Gasteiger partial charge in [-0.3, -0.25) is 14.9 Å². The van der Waals surface area contributed by atoms with E-state index >= 15 is 0 Å². The summed E-state index contributed by atoms with van der Waals surface area (Å²) in [6, 6.07) is 12.6. The van der Waals surface area contributed by atoms with E-state index < -0.39 is 16.4 Å². The van der Waals surface area contributed by atoms with Crippen LogP contribution >= 0.6 is 11.6 Å². The Kier molecular flexibility index (Phi) is 4.67. The molecule has 1 unspecified atom stereocenters. The Hall–Kier alpha value is -2.90. The summed E-state index contributed by atoms with van der Waals surface area (Å²) >= 11 is 5.94. The maximum Gasteiger partial charge on any atom is 0.270 e. The fourth-order valence-electron chi connectivity index (χ4n) is 2.48. The second-order valence-electron chi connectivity index (χ2n) is 6.03. The molecular weight excluding hydrogens is 360 g/mol. The van der Waals surface area contributed by atoms with Crippen molar-refractivity contribution in [3.8, 4) is 0 Å². The van der Waals surface area contributed by atoms with E-state index in [4.69, 9.17) is 16.0 Å². The topological polar surface area (TPSA) is 106 Å². The number of aliphatic hydroxyl groups is 1. The minimum Gasteiger partial charge on any atom is -0.458 e. The number of carbonyl (C=O) groups excluding carboxylic acids is 1. The predicted octanol–water partition coefficient (Wildman–Crippen LogP) is 3.63. The molecule has 0 bridgehead atoms. The molecule has 2 N–H and O–H groups in total. The maximum absolute atomic E-state index is 12.3. The first-order valence-corrected chi connectivity index (χ1v) is 8.09. The Labute approximate surface area is 153 Å². The van der Waals surface area contributed by atoms with Crippen LogP contribution in [0.2, 0.25) is 5.02 Å². The number of para-hydroxylation sites is 1. The van der Waals surface area contributed by atoms with E-state index in [1.54, 1.807) is 12.1 Å². The molecule has 0 saturated heterocycles. The van der Waals surface area contributed by atoms with Crippen molar-refractivity contribution in [2.45, 2.75) is 12.5 Å². The van der Waals surface area contributed by atoms with Gasteiger partial charge < -0.3 is 14.8 Å². The highest BCUT2D eigenvalue weighted by Gasteiger charge is 2.28. The van der Waals surface area contributed by atoms with Crippen LogP contribution in [-0.4, -0.2) is 22.5 Å². The molecule has 1 atom stereocenters. The molecule has 0 aliphatic carbocycles. The van der Waals surface area contributed by atoms with Gasteiger partial charge in [-0.15, -0.1) is 0 Å². The molecule has 3 rings (SSSR count). The number of nitrogens with one attached hydrogen (secondary N) is 1. The Bertz CT molecular complexity index is 963. The van der Waals surface area contributed by atoms with Crippen molar-refractivity contribution in [1.82, 2.24) is 5.32 Å². The van der Waals surface area contributed by atoms with Gasteiger partial charge in [-0.1, -0.05) is 29.8 Å². The summed E-state index contributed by atoms with van der Waals surface area (Å²) < 4.78 is 5.63. The monoisotopic (exact) mass is 374 g/mol. The van der Waals surface area contributed by atoms with E-state index in [-0.39, 0.29) is 22.8 Å². The summed E-state index contributed by atoms with van der Waals surface area (Å²) in [6.45, 7) is 1.39. The van der Waals surface area contributed by atoms with Crippen LogP contribution in [0.1, 0.15) is 23.0 Å². The normalized spacial score (nSPS) is 13.3. The number of hydrogen-bond acceptors (Lipinski definition) is 5. The van der Waals surface area contributed by atoms with Gasteiger partial charge in [-0.25, -0.2) is 0 Å². The molecule has 1 amide bonds. The number of nitro groups is 1. The quantitative estimate of drug-likeness (QED) is 0.524. The number of rotatable bonds is 5.